The molecular formula is C13H18NO-. The molecule has 1 aromatic carbocycles. The molecule has 2 rings (SSSR count). The Morgan fingerprint density at radius 3 is 2.33 bits per heavy atom. The van der Waals surface area contributed by atoms with E-state index in [2.05, 4.69) is 12.1 Å². The van der Waals surface area contributed by atoms with Crippen LogP contribution in [0.2, 0.25) is 0 Å². The van der Waals surface area contributed by atoms with Gasteiger partial charge < -0.3 is 10.3 Å². The second-order valence-electron chi connectivity index (χ2n) is 5.03. The van der Waals surface area contributed by atoms with Crippen molar-refractivity contribution < 1.29 is 0 Å². The summed E-state index contributed by atoms with van der Waals surface area (Å²) in [5.74, 6) is 0.353. The van der Waals surface area contributed by atoms with Gasteiger partial charge in [0.2, 0.25) is 0 Å². The number of hydrogen-bond acceptors (Lipinski definition) is 2. The monoisotopic (exact) mass is 204 g/mol. The van der Waals surface area contributed by atoms with Crippen LogP contribution in [0.3, 0.4) is 0 Å². The van der Waals surface area contributed by atoms with Crippen LogP contribution < -0.4 is 0 Å². The summed E-state index contributed by atoms with van der Waals surface area (Å²) in [6.45, 7) is 6.10. The van der Waals surface area contributed by atoms with Gasteiger partial charge in [0.05, 0.1) is 0 Å². The molecule has 1 aliphatic rings. The van der Waals surface area contributed by atoms with Crippen LogP contribution in [0.25, 0.3) is 0 Å². The molecule has 1 fully saturated rings. The van der Waals surface area contributed by atoms with Gasteiger partial charge >= 0.3 is 0 Å². The summed E-state index contributed by atoms with van der Waals surface area (Å²) < 4.78 is 0. The van der Waals surface area contributed by atoms with E-state index in [1.807, 2.05) is 39.0 Å². The summed E-state index contributed by atoms with van der Waals surface area (Å²) in [7, 11) is 0. The molecule has 1 aromatic rings. The second-order valence-corrected chi connectivity index (χ2v) is 5.03. The minimum Gasteiger partial charge on any atom is -0.785 e. The lowest BCUT2D eigenvalue weighted by Gasteiger charge is -2.43. The number of benzene rings is 1. The van der Waals surface area contributed by atoms with Gasteiger partial charge in [-0.15, -0.1) is 0 Å². The molecule has 0 radical (unpaired) electrons. The molecule has 0 aliphatic carbocycles. The standard InChI is InChI=1S/C13H18NO/c1-10-9-12(13(2,3)14(10)15)11-7-5-4-6-8-11/h4-8,10,12H,9H2,1-3H3/q-1. The van der Waals surface area contributed by atoms with Crippen molar-refractivity contribution in [3.63, 3.8) is 0 Å². The molecule has 0 spiro atoms. The quantitative estimate of drug-likeness (QED) is 0.702. The summed E-state index contributed by atoms with van der Waals surface area (Å²) in [5.41, 5.74) is 1.01. The Morgan fingerprint density at radius 2 is 1.87 bits per heavy atom. The maximum atomic E-state index is 11.9. The van der Waals surface area contributed by atoms with Crippen molar-refractivity contribution in [3.8, 4) is 0 Å². The Kier molecular flexibility index (Phi) is 2.57. The second kappa shape index (κ2) is 3.62. The van der Waals surface area contributed by atoms with Gasteiger partial charge in [-0.1, -0.05) is 37.3 Å². The molecule has 2 unspecified atom stereocenters. The molecule has 82 valence electrons. The maximum Gasteiger partial charge on any atom is 0.0105 e. The van der Waals surface area contributed by atoms with E-state index < -0.39 is 0 Å². The molecule has 0 bridgehead atoms. The summed E-state index contributed by atoms with van der Waals surface area (Å²) in [5, 5.41) is 13.2. The molecule has 0 amide bonds. The lowest BCUT2D eigenvalue weighted by molar-refractivity contribution is 0.197. The van der Waals surface area contributed by atoms with E-state index in [1.54, 1.807) is 0 Å². The highest BCUT2D eigenvalue weighted by Crippen LogP contribution is 2.44. The van der Waals surface area contributed by atoms with Gasteiger partial charge in [-0.05, 0) is 31.9 Å². The van der Waals surface area contributed by atoms with Crippen molar-refractivity contribution in [2.75, 3.05) is 0 Å². The summed E-state index contributed by atoms with van der Waals surface area (Å²) in [6, 6.07) is 10.5. The van der Waals surface area contributed by atoms with Gasteiger partial charge in [-0.3, -0.25) is 0 Å². The SMILES string of the molecule is CC1CC(c2ccccc2)C(C)(C)N1[O-]. The van der Waals surface area contributed by atoms with Crippen LogP contribution in [0.4, 0.5) is 0 Å². The van der Waals surface area contributed by atoms with Gasteiger partial charge in [-0.25, -0.2) is 0 Å². The Labute approximate surface area is 91.5 Å². The fourth-order valence-electron chi connectivity index (χ4n) is 2.68. The topological polar surface area (TPSA) is 26.3 Å². The predicted molar refractivity (Wildman–Crippen MR) is 62.5 cm³/mol. The maximum absolute atomic E-state index is 11.9. The van der Waals surface area contributed by atoms with Crippen molar-refractivity contribution in [3.05, 3.63) is 41.1 Å². The van der Waals surface area contributed by atoms with Gasteiger partial charge in [0, 0.05) is 11.5 Å². The molecule has 15 heavy (non-hydrogen) atoms. The fourth-order valence-corrected chi connectivity index (χ4v) is 2.68. The van der Waals surface area contributed by atoms with Crippen molar-refractivity contribution in [1.29, 1.82) is 0 Å². The molecule has 1 heterocycles. The minimum atomic E-state index is -0.277. The van der Waals surface area contributed by atoms with Crippen LogP contribution >= 0.6 is 0 Å². The average molecular weight is 204 g/mol. The van der Waals surface area contributed by atoms with E-state index in [-0.39, 0.29) is 11.6 Å². The van der Waals surface area contributed by atoms with Crippen LogP contribution in [0.5, 0.6) is 0 Å². The predicted octanol–water partition coefficient (Wildman–Crippen LogP) is 3.14. The third-order valence-electron chi connectivity index (χ3n) is 3.60. The van der Waals surface area contributed by atoms with Gasteiger partial charge in [0.15, 0.2) is 0 Å². The Hall–Kier alpha value is -0.860. The zero-order valence-corrected chi connectivity index (χ0v) is 9.60. The van der Waals surface area contributed by atoms with E-state index in [9.17, 15) is 5.21 Å². The van der Waals surface area contributed by atoms with Gasteiger partial charge in [-0.2, -0.15) is 0 Å². The highest BCUT2D eigenvalue weighted by molar-refractivity contribution is 5.26. The summed E-state index contributed by atoms with van der Waals surface area (Å²) in [6.07, 6.45) is 0.959. The molecule has 2 nitrogen and oxygen atoms in total. The van der Waals surface area contributed by atoms with E-state index >= 15 is 0 Å². The Balaban J connectivity index is 2.32. The molecule has 0 N–H and O–H groups in total. The largest absolute Gasteiger partial charge is 0.785 e. The normalized spacial score (nSPS) is 30.7. The van der Waals surface area contributed by atoms with Crippen molar-refractivity contribution in [2.45, 2.75) is 44.7 Å². The summed E-state index contributed by atoms with van der Waals surface area (Å²) in [4.78, 5) is 0. The van der Waals surface area contributed by atoms with Gasteiger partial charge in [0.25, 0.3) is 0 Å². The fraction of sp³-hybridized carbons (Fsp3) is 0.538. The number of hydroxylamine groups is 2. The Morgan fingerprint density at radius 1 is 1.27 bits per heavy atom. The van der Waals surface area contributed by atoms with Crippen LogP contribution in [-0.2, 0) is 0 Å². The van der Waals surface area contributed by atoms with Crippen LogP contribution in [-0.4, -0.2) is 16.6 Å². The highest BCUT2D eigenvalue weighted by atomic mass is 16.5. The minimum absolute atomic E-state index is 0.130. The smallest absolute Gasteiger partial charge is 0.0105 e. The molecular weight excluding hydrogens is 186 g/mol. The van der Waals surface area contributed by atoms with Crippen LogP contribution in [0.1, 0.15) is 38.7 Å². The van der Waals surface area contributed by atoms with Crippen LogP contribution in [0, 0.1) is 5.21 Å². The molecule has 0 aromatic heterocycles. The Bertz CT molecular complexity index is 334. The molecule has 2 atom stereocenters. The number of nitrogens with zero attached hydrogens (tertiary/aromatic N) is 1. The van der Waals surface area contributed by atoms with E-state index in [1.165, 1.54) is 10.6 Å². The van der Waals surface area contributed by atoms with Crippen molar-refractivity contribution in [2.24, 2.45) is 0 Å². The summed E-state index contributed by atoms with van der Waals surface area (Å²) >= 11 is 0. The number of hydrogen-bond donors (Lipinski definition) is 0. The third kappa shape index (κ3) is 1.68. The first-order chi connectivity index (χ1) is 7.03. The van der Waals surface area contributed by atoms with Crippen molar-refractivity contribution in [1.82, 2.24) is 5.06 Å². The van der Waals surface area contributed by atoms with Gasteiger partial charge in [0.1, 0.15) is 0 Å². The zero-order valence-electron chi connectivity index (χ0n) is 9.60. The molecule has 0 saturated carbocycles. The highest BCUT2D eigenvalue weighted by Gasteiger charge is 2.40. The third-order valence-corrected chi connectivity index (χ3v) is 3.60. The molecule has 1 aliphatic heterocycles. The lowest BCUT2D eigenvalue weighted by atomic mass is 9.83. The zero-order chi connectivity index (χ0) is 11.1. The van der Waals surface area contributed by atoms with E-state index in [0.717, 1.165) is 6.42 Å². The van der Waals surface area contributed by atoms with E-state index in [0.29, 0.717) is 5.92 Å². The van der Waals surface area contributed by atoms with Crippen molar-refractivity contribution >= 4 is 0 Å². The number of rotatable bonds is 1. The van der Waals surface area contributed by atoms with E-state index in [4.69, 9.17) is 0 Å². The lowest BCUT2D eigenvalue weighted by Crippen LogP contribution is -2.39. The average Bonchev–Trinajstić information content (AvgIpc) is 2.43. The first-order valence-corrected chi connectivity index (χ1v) is 5.55. The molecule has 1 saturated heterocycles. The first kappa shape index (κ1) is 10.7. The van der Waals surface area contributed by atoms with Crippen LogP contribution in [0.15, 0.2) is 30.3 Å². The molecule has 2 heteroatoms. The first-order valence-electron chi connectivity index (χ1n) is 5.55.